The molecule has 0 amide bonds. The lowest BCUT2D eigenvalue weighted by Crippen LogP contribution is -1.96. The van der Waals surface area contributed by atoms with E-state index in [1.165, 1.54) is 40.5 Å². The Morgan fingerprint density at radius 3 is 0.972 bits per heavy atom. The molecule has 6 nitrogen and oxygen atoms in total. The molecule has 6 heterocycles. The Balaban J connectivity index is 0.607. The highest BCUT2D eigenvalue weighted by atomic mass is 32.1. The van der Waals surface area contributed by atoms with Crippen LogP contribution in [-0.2, 0) is 0 Å². The average Bonchev–Trinajstić information content (AvgIpc) is 1.73. The van der Waals surface area contributed by atoms with Gasteiger partial charge in [0.05, 0.1) is 45.2 Å². The molecule has 0 N–H and O–H groups in total. The number of thiophene rings is 2. The molecule has 0 saturated carbocycles. The summed E-state index contributed by atoms with van der Waals surface area (Å²) in [6.45, 7) is 0. The summed E-state index contributed by atoms with van der Waals surface area (Å²) >= 11 is 3.68. The van der Waals surface area contributed by atoms with Crippen LogP contribution in [0.5, 0.6) is 0 Å². The van der Waals surface area contributed by atoms with Crippen molar-refractivity contribution in [2.45, 2.75) is 0 Å². The lowest BCUT2D eigenvalue weighted by molar-refractivity contribution is 1.18. The first-order valence-corrected chi connectivity index (χ1v) is 37.2. The van der Waals surface area contributed by atoms with Gasteiger partial charge in [-0.1, -0.05) is 322 Å². The minimum atomic E-state index is 0.659. The van der Waals surface area contributed by atoms with E-state index in [-0.39, 0.29) is 0 Å². The Kier molecular flexibility index (Phi) is 15.5. The van der Waals surface area contributed by atoms with Crippen LogP contribution in [0.4, 0.5) is 0 Å². The first-order valence-electron chi connectivity index (χ1n) is 35.6. The zero-order valence-electron chi connectivity index (χ0n) is 57.1. The molecule has 0 radical (unpaired) electrons. The molecule has 106 heavy (non-hydrogen) atoms. The van der Waals surface area contributed by atoms with Gasteiger partial charge in [-0.3, -0.25) is 0 Å². The summed E-state index contributed by atoms with van der Waals surface area (Å²) in [5, 5.41) is 7.09. The van der Waals surface area contributed by atoms with Gasteiger partial charge in [-0.15, -0.1) is 22.7 Å². The molecule has 0 fully saturated rings. The normalized spacial score (nSPS) is 11.6. The second-order valence-corrected chi connectivity index (χ2v) is 28.9. The number of rotatable bonds is 13. The van der Waals surface area contributed by atoms with Crippen LogP contribution >= 0.6 is 22.7 Å². The number of benzene rings is 14. The molecule has 0 unspecified atom stereocenters. The molecule has 0 atom stereocenters. The van der Waals surface area contributed by atoms with Crippen LogP contribution in [0.15, 0.2) is 364 Å². The van der Waals surface area contributed by atoms with Crippen LogP contribution in [0.25, 0.3) is 208 Å². The maximum atomic E-state index is 5.62. The van der Waals surface area contributed by atoms with E-state index in [0.717, 1.165) is 156 Å². The maximum Gasteiger partial charge on any atom is 0.160 e. The molecule has 14 aromatic carbocycles. The highest BCUT2D eigenvalue weighted by molar-refractivity contribution is 7.27. The molecular formula is C98H60N6S2. The first kappa shape index (κ1) is 62.3. The quantitative estimate of drug-likeness (QED) is 0.114. The van der Waals surface area contributed by atoms with Crippen molar-refractivity contribution in [2.75, 3.05) is 0 Å². The predicted molar refractivity (Wildman–Crippen MR) is 445 cm³/mol. The Hall–Kier alpha value is -13.5. The number of hydrogen-bond donors (Lipinski definition) is 0. The molecule has 20 rings (SSSR count). The van der Waals surface area contributed by atoms with Gasteiger partial charge in [-0.25, -0.2) is 29.9 Å². The molecular weight excluding hydrogens is 1330 g/mol. The van der Waals surface area contributed by atoms with Gasteiger partial charge in [0.15, 0.2) is 11.6 Å². The molecule has 0 bridgehead atoms. The van der Waals surface area contributed by atoms with Crippen molar-refractivity contribution in [1.29, 1.82) is 0 Å². The summed E-state index contributed by atoms with van der Waals surface area (Å²) in [5.41, 5.74) is 26.8. The van der Waals surface area contributed by atoms with Crippen molar-refractivity contribution >= 4 is 84.8 Å². The third-order valence-electron chi connectivity index (χ3n) is 20.4. The highest BCUT2D eigenvalue weighted by Crippen LogP contribution is 2.48. The molecule has 0 aliphatic heterocycles. The van der Waals surface area contributed by atoms with Crippen molar-refractivity contribution in [3.63, 3.8) is 0 Å². The fraction of sp³-hybridized carbons (Fsp3) is 0. The first-order chi connectivity index (χ1) is 52.5. The Morgan fingerprint density at radius 2 is 0.491 bits per heavy atom. The predicted octanol–water partition coefficient (Wildman–Crippen LogP) is 26.8. The van der Waals surface area contributed by atoms with Crippen LogP contribution < -0.4 is 0 Å². The topological polar surface area (TPSA) is 77.3 Å². The summed E-state index contributed by atoms with van der Waals surface area (Å²) in [6.07, 6.45) is 0. The second kappa shape index (κ2) is 26.4. The fourth-order valence-electron chi connectivity index (χ4n) is 15.0. The largest absolute Gasteiger partial charge is 0.247 e. The van der Waals surface area contributed by atoms with Crippen molar-refractivity contribution in [3.05, 3.63) is 364 Å². The Bertz CT molecular complexity index is 6750. The van der Waals surface area contributed by atoms with Gasteiger partial charge >= 0.3 is 0 Å². The summed E-state index contributed by atoms with van der Waals surface area (Å²) in [7, 11) is 0. The molecule has 0 aliphatic rings. The monoisotopic (exact) mass is 1380 g/mol. The van der Waals surface area contributed by atoms with Gasteiger partial charge in [0, 0.05) is 95.6 Å². The summed E-state index contributed by atoms with van der Waals surface area (Å²) in [5.74, 6) is 1.35. The van der Waals surface area contributed by atoms with E-state index in [0.29, 0.717) is 11.6 Å². The van der Waals surface area contributed by atoms with E-state index in [9.17, 15) is 0 Å². The van der Waals surface area contributed by atoms with Gasteiger partial charge in [-0.05, 0) is 98.1 Å². The lowest BCUT2D eigenvalue weighted by Gasteiger charge is -2.13. The number of pyridine rings is 2. The third-order valence-corrected chi connectivity index (χ3v) is 22.8. The molecule has 0 aliphatic carbocycles. The standard InChI is InChI=1S/C98H60N6S2/c1-6-20-61(21-7-1)62-34-42-67(43-35-62)85-60-86(103-97(102-85)72-28-14-5-15-29-72)69-46-38-64(39-47-69)75-51-54-80-88(58-75)100-94(71-26-12-4-13-27-71)92-82-56-76(52-55-90(82)106-96(80)92)78-31-17-16-30-77(78)65-40-48-73(49-41-65)98-101-83(66-22-8-2-9-23-66)59-84(104-98)68-44-36-63(37-45-68)74-50-53-79-87(57-74)99-93(70-24-10-3-11-25-70)91-81-32-18-19-33-89(81)105-95(79)91/h1-60H. The van der Waals surface area contributed by atoms with Crippen LogP contribution in [0.3, 0.4) is 0 Å². The molecule has 494 valence electrons. The number of aromatic nitrogens is 6. The molecule has 0 spiro atoms. The van der Waals surface area contributed by atoms with Crippen molar-refractivity contribution < 1.29 is 0 Å². The summed E-state index contributed by atoms with van der Waals surface area (Å²) < 4.78 is 4.96. The highest BCUT2D eigenvalue weighted by Gasteiger charge is 2.22. The van der Waals surface area contributed by atoms with Gasteiger partial charge in [0.1, 0.15) is 0 Å². The van der Waals surface area contributed by atoms with Crippen LogP contribution in [0.1, 0.15) is 0 Å². The maximum absolute atomic E-state index is 5.62. The minimum Gasteiger partial charge on any atom is -0.247 e. The SMILES string of the molecule is c1ccc(-c2ccc(-c3cc(-c4ccc(-c5ccc6c(c5)nc(-c5ccccc5)c5c7cc(-c8ccccc8-c8ccc(-c9nc(-c%10ccccc%10)cc(-c%10ccc(-c%11ccc%12c(c%11)nc(-c%11ccccc%11)c%11c%13ccccc%13sc%12%11)cc%10)n9)cc8)ccc7sc65)cc4)nc(-c4ccccc4)n3)cc2)cc1. The van der Waals surface area contributed by atoms with Gasteiger partial charge in [0.2, 0.25) is 0 Å². The fourth-order valence-corrected chi connectivity index (χ4v) is 17.4. The van der Waals surface area contributed by atoms with Crippen molar-refractivity contribution in [3.8, 4) is 146 Å². The van der Waals surface area contributed by atoms with Gasteiger partial charge in [-0.2, -0.15) is 0 Å². The van der Waals surface area contributed by atoms with Gasteiger partial charge in [0.25, 0.3) is 0 Å². The molecule has 8 heteroatoms. The van der Waals surface area contributed by atoms with Crippen molar-refractivity contribution in [1.82, 2.24) is 29.9 Å². The number of fused-ring (bicyclic) bond motifs is 10. The van der Waals surface area contributed by atoms with Crippen LogP contribution in [-0.4, -0.2) is 29.9 Å². The van der Waals surface area contributed by atoms with E-state index in [4.69, 9.17) is 29.9 Å². The molecule has 0 saturated heterocycles. The lowest BCUT2D eigenvalue weighted by atomic mass is 9.93. The van der Waals surface area contributed by atoms with E-state index in [2.05, 4.69) is 334 Å². The Labute approximate surface area is 620 Å². The smallest absolute Gasteiger partial charge is 0.160 e. The van der Waals surface area contributed by atoms with E-state index in [1.807, 2.05) is 53.0 Å². The summed E-state index contributed by atoms with van der Waals surface area (Å²) in [4.78, 5) is 31.9. The van der Waals surface area contributed by atoms with Crippen molar-refractivity contribution in [2.24, 2.45) is 0 Å². The number of hydrogen-bond acceptors (Lipinski definition) is 8. The summed E-state index contributed by atoms with van der Waals surface area (Å²) in [6, 6.07) is 129. The van der Waals surface area contributed by atoms with Crippen LogP contribution in [0.2, 0.25) is 0 Å². The zero-order chi connectivity index (χ0) is 70.0. The second-order valence-electron chi connectivity index (χ2n) is 26.8. The molecule has 20 aromatic rings. The number of nitrogens with zero attached hydrogens (tertiary/aromatic N) is 6. The molecule has 6 aromatic heterocycles. The van der Waals surface area contributed by atoms with E-state index in [1.54, 1.807) is 0 Å². The van der Waals surface area contributed by atoms with Crippen LogP contribution in [0, 0.1) is 0 Å². The zero-order valence-corrected chi connectivity index (χ0v) is 58.8. The minimum absolute atomic E-state index is 0.659. The third kappa shape index (κ3) is 11.5. The van der Waals surface area contributed by atoms with Gasteiger partial charge < -0.3 is 0 Å². The Morgan fingerprint density at radius 1 is 0.179 bits per heavy atom. The van der Waals surface area contributed by atoms with E-state index < -0.39 is 0 Å². The van der Waals surface area contributed by atoms with E-state index >= 15 is 0 Å². The average molecular weight is 1390 g/mol.